The lowest BCUT2D eigenvalue weighted by atomic mass is 9.99. The Morgan fingerprint density at radius 1 is 1.29 bits per heavy atom. The van der Waals surface area contributed by atoms with Crippen LogP contribution in [0.2, 0.25) is 0 Å². The van der Waals surface area contributed by atoms with Crippen LogP contribution in [0.25, 0.3) is 0 Å². The monoisotopic (exact) mass is 311 g/mol. The molecule has 1 aliphatic heterocycles. The van der Waals surface area contributed by atoms with Gasteiger partial charge in [0, 0.05) is 12.6 Å². The van der Waals surface area contributed by atoms with E-state index in [-0.39, 0.29) is 12.6 Å². The predicted molar refractivity (Wildman–Crippen MR) is 83.8 cm³/mol. The molecule has 2 atom stereocenters. The Labute approximate surface area is 127 Å². The van der Waals surface area contributed by atoms with Crippen molar-refractivity contribution in [3.8, 4) is 0 Å². The fourth-order valence-corrected chi connectivity index (χ4v) is 4.50. The van der Waals surface area contributed by atoms with Crippen LogP contribution in [0.3, 0.4) is 0 Å². The first-order valence-electron chi connectivity index (χ1n) is 7.73. The second-order valence-corrected chi connectivity index (χ2v) is 7.72. The number of hydrogen-bond donors (Lipinski definition) is 1. The van der Waals surface area contributed by atoms with Gasteiger partial charge in [-0.05, 0) is 42.9 Å². The van der Waals surface area contributed by atoms with Crippen LogP contribution in [0.15, 0.2) is 29.2 Å². The van der Waals surface area contributed by atoms with E-state index in [1.165, 1.54) is 4.31 Å². The minimum absolute atomic E-state index is 0.107. The van der Waals surface area contributed by atoms with Gasteiger partial charge >= 0.3 is 0 Å². The van der Waals surface area contributed by atoms with Gasteiger partial charge in [-0.1, -0.05) is 32.4 Å². The lowest BCUT2D eigenvalue weighted by Gasteiger charge is -2.33. The van der Waals surface area contributed by atoms with Crippen LogP contribution in [0.4, 0.5) is 0 Å². The van der Waals surface area contributed by atoms with Gasteiger partial charge in [-0.3, -0.25) is 0 Å². The molecule has 1 aliphatic rings. The van der Waals surface area contributed by atoms with E-state index in [9.17, 15) is 13.5 Å². The normalized spacial score (nSPS) is 22.1. The smallest absolute Gasteiger partial charge is 0.243 e. The number of benzene rings is 1. The van der Waals surface area contributed by atoms with E-state index in [2.05, 4.69) is 13.8 Å². The van der Waals surface area contributed by atoms with Gasteiger partial charge in [0.25, 0.3) is 0 Å². The molecule has 4 nitrogen and oxygen atoms in total. The molecule has 2 unspecified atom stereocenters. The summed E-state index contributed by atoms with van der Waals surface area (Å²) in [6.45, 7) is 4.65. The first kappa shape index (κ1) is 16.5. The van der Waals surface area contributed by atoms with Gasteiger partial charge < -0.3 is 5.11 Å². The zero-order valence-electron chi connectivity index (χ0n) is 12.8. The molecule has 1 heterocycles. The van der Waals surface area contributed by atoms with Gasteiger partial charge in [0.2, 0.25) is 10.0 Å². The summed E-state index contributed by atoms with van der Waals surface area (Å²) in [6, 6.07) is 6.91. The molecule has 118 valence electrons. The highest BCUT2D eigenvalue weighted by Gasteiger charge is 2.32. The summed E-state index contributed by atoms with van der Waals surface area (Å²) in [6.07, 6.45) is 3.61. The first-order chi connectivity index (χ1) is 10.0. The largest absolute Gasteiger partial charge is 0.395 e. The van der Waals surface area contributed by atoms with E-state index in [0.717, 1.165) is 31.2 Å². The molecule has 2 rings (SSSR count). The molecule has 1 N–H and O–H groups in total. The second kappa shape index (κ2) is 6.90. The summed E-state index contributed by atoms with van der Waals surface area (Å²) in [5.74, 6) is 0.432. The number of piperidine rings is 1. The topological polar surface area (TPSA) is 57.6 Å². The van der Waals surface area contributed by atoms with E-state index >= 15 is 0 Å². The zero-order chi connectivity index (χ0) is 15.5. The van der Waals surface area contributed by atoms with Gasteiger partial charge in [0.05, 0.1) is 11.5 Å². The highest BCUT2D eigenvalue weighted by Crippen LogP contribution is 2.26. The van der Waals surface area contributed by atoms with Crippen LogP contribution in [0, 0.1) is 0 Å². The average Bonchev–Trinajstić information content (AvgIpc) is 2.54. The number of rotatable bonds is 5. The van der Waals surface area contributed by atoms with E-state index in [0.29, 0.717) is 17.4 Å². The van der Waals surface area contributed by atoms with E-state index < -0.39 is 10.0 Å². The maximum Gasteiger partial charge on any atom is 0.243 e. The van der Waals surface area contributed by atoms with Crippen molar-refractivity contribution in [2.24, 2.45) is 0 Å². The van der Waals surface area contributed by atoms with Gasteiger partial charge in [0.1, 0.15) is 0 Å². The van der Waals surface area contributed by atoms with Crippen molar-refractivity contribution in [2.45, 2.75) is 56.4 Å². The first-order valence-corrected chi connectivity index (χ1v) is 9.17. The third-order valence-corrected chi connectivity index (χ3v) is 6.42. The summed E-state index contributed by atoms with van der Waals surface area (Å²) in [7, 11) is -3.50. The summed E-state index contributed by atoms with van der Waals surface area (Å²) < 4.78 is 26.9. The Morgan fingerprint density at radius 3 is 2.52 bits per heavy atom. The molecular weight excluding hydrogens is 286 g/mol. The minimum Gasteiger partial charge on any atom is -0.395 e. The molecule has 1 aromatic rings. The third kappa shape index (κ3) is 3.47. The quantitative estimate of drug-likeness (QED) is 0.909. The van der Waals surface area contributed by atoms with Crippen molar-refractivity contribution in [1.29, 1.82) is 0 Å². The molecule has 5 heteroatoms. The van der Waals surface area contributed by atoms with Crippen molar-refractivity contribution in [2.75, 3.05) is 13.2 Å². The number of nitrogens with zero attached hydrogens (tertiary/aromatic N) is 1. The summed E-state index contributed by atoms with van der Waals surface area (Å²) in [4.78, 5) is 0.329. The second-order valence-electron chi connectivity index (χ2n) is 5.83. The lowest BCUT2D eigenvalue weighted by molar-refractivity contribution is 0.155. The van der Waals surface area contributed by atoms with Gasteiger partial charge in [-0.15, -0.1) is 0 Å². The van der Waals surface area contributed by atoms with Crippen molar-refractivity contribution >= 4 is 10.0 Å². The molecule has 1 aromatic carbocycles. The maximum absolute atomic E-state index is 12.7. The van der Waals surface area contributed by atoms with Crippen LogP contribution in [-0.4, -0.2) is 37.0 Å². The van der Waals surface area contributed by atoms with Crippen LogP contribution in [0.5, 0.6) is 0 Å². The SMILES string of the molecule is CCC(C)c1ccc(S(=O)(=O)N2CCCCC2CO)cc1. The number of hydrogen-bond acceptors (Lipinski definition) is 3. The minimum atomic E-state index is -3.50. The predicted octanol–water partition coefficient (Wildman–Crippen LogP) is 2.74. The van der Waals surface area contributed by atoms with Crippen LogP contribution in [-0.2, 0) is 10.0 Å². The fourth-order valence-electron chi connectivity index (χ4n) is 2.81. The molecule has 1 saturated heterocycles. The van der Waals surface area contributed by atoms with Crippen LogP contribution in [0.1, 0.15) is 51.0 Å². The Hall–Kier alpha value is -0.910. The van der Waals surface area contributed by atoms with Crippen molar-refractivity contribution < 1.29 is 13.5 Å². The standard InChI is InChI=1S/C16H25NO3S/c1-3-13(2)14-7-9-16(10-8-14)21(19,20)17-11-5-4-6-15(17)12-18/h7-10,13,15,18H,3-6,11-12H2,1-2H3. The van der Waals surface area contributed by atoms with Crippen molar-refractivity contribution in [1.82, 2.24) is 4.31 Å². The number of sulfonamides is 1. The van der Waals surface area contributed by atoms with E-state index in [4.69, 9.17) is 0 Å². The fraction of sp³-hybridized carbons (Fsp3) is 0.625. The van der Waals surface area contributed by atoms with Gasteiger partial charge in [-0.2, -0.15) is 4.31 Å². The molecule has 0 aliphatic carbocycles. The Kier molecular flexibility index (Phi) is 5.41. The molecule has 0 aromatic heterocycles. The van der Waals surface area contributed by atoms with Crippen molar-refractivity contribution in [3.05, 3.63) is 29.8 Å². The van der Waals surface area contributed by atoms with Crippen molar-refractivity contribution in [3.63, 3.8) is 0 Å². The molecule has 0 amide bonds. The molecular formula is C16H25NO3S. The van der Waals surface area contributed by atoms with Crippen LogP contribution < -0.4 is 0 Å². The molecule has 1 fully saturated rings. The summed E-state index contributed by atoms with van der Waals surface area (Å²) in [5.41, 5.74) is 1.16. The molecule has 0 radical (unpaired) electrons. The van der Waals surface area contributed by atoms with E-state index in [1.54, 1.807) is 12.1 Å². The Bertz CT molecular complexity index is 553. The van der Waals surface area contributed by atoms with Gasteiger partial charge in [-0.25, -0.2) is 8.42 Å². The van der Waals surface area contributed by atoms with Crippen LogP contribution >= 0.6 is 0 Å². The highest BCUT2D eigenvalue weighted by molar-refractivity contribution is 7.89. The number of aliphatic hydroxyl groups excluding tert-OH is 1. The highest BCUT2D eigenvalue weighted by atomic mass is 32.2. The molecule has 0 spiro atoms. The number of aliphatic hydroxyl groups is 1. The van der Waals surface area contributed by atoms with Gasteiger partial charge in [0.15, 0.2) is 0 Å². The Balaban J connectivity index is 2.26. The molecule has 21 heavy (non-hydrogen) atoms. The molecule has 0 saturated carbocycles. The van der Waals surface area contributed by atoms with E-state index in [1.807, 2.05) is 12.1 Å². The summed E-state index contributed by atoms with van der Waals surface area (Å²) in [5, 5.41) is 9.41. The lowest BCUT2D eigenvalue weighted by Crippen LogP contribution is -2.45. The average molecular weight is 311 g/mol. The zero-order valence-corrected chi connectivity index (χ0v) is 13.6. The molecule has 0 bridgehead atoms. The summed E-state index contributed by atoms with van der Waals surface area (Å²) >= 11 is 0. The third-order valence-electron chi connectivity index (χ3n) is 4.45. The maximum atomic E-state index is 12.7. The Morgan fingerprint density at radius 2 is 1.95 bits per heavy atom.